The van der Waals surface area contributed by atoms with Crippen LogP contribution in [0.3, 0.4) is 0 Å². The molecule has 2 N–H and O–H groups in total. The van der Waals surface area contributed by atoms with Crippen LogP contribution in [0.25, 0.3) is 0 Å². The third-order valence-corrected chi connectivity index (χ3v) is 1.39. The second kappa shape index (κ2) is 5.99. The number of hydrogen-bond acceptors (Lipinski definition) is 2. The maximum atomic E-state index is 10.5. The summed E-state index contributed by atoms with van der Waals surface area (Å²) in [6.07, 6.45) is 1.47. The first-order valence-corrected chi connectivity index (χ1v) is 4.32. The topological polar surface area (TPSA) is 74.6 Å². The van der Waals surface area contributed by atoms with E-state index in [0.29, 0.717) is 0 Å². The van der Waals surface area contributed by atoms with E-state index in [-0.39, 0.29) is 11.1 Å². The molecule has 0 spiro atoms. The fourth-order valence-electron chi connectivity index (χ4n) is 0.856. The molecule has 0 bridgehead atoms. The van der Waals surface area contributed by atoms with Crippen LogP contribution in [0.2, 0.25) is 0 Å². The van der Waals surface area contributed by atoms with E-state index in [9.17, 15) is 9.59 Å². The van der Waals surface area contributed by atoms with Crippen LogP contribution in [0.15, 0.2) is 24.3 Å². The summed E-state index contributed by atoms with van der Waals surface area (Å²) < 4.78 is 0. The Bertz CT molecular complexity index is 302. The highest BCUT2D eigenvalue weighted by Gasteiger charge is 2.13. The van der Waals surface area contributed by atoms with Gasteiger partial charge >= 0.3 is 11.9 Å². The van der Waals surface area contributed by atoms with Crippen molar-refractivity contribution >= 4 is 23.5 Å². The molecule has 0 aliphatic rings. The van der Waals surface area contributed by atoms with Gasteiger partial charge in [0.05, 0.1) is 11.1 Å². The zero-order valence-corrected chi connectivity index (χ0v) is 8.15. The molecule has 0 fully saturated rings. The van der Waals surface area contributed by atoms with Gasteiger partial charge in [0.2, 0.25) is 0 Å². The molecule has 1 rings (SSSR count). The fourth-order valence-corrected chi connectivity index (χ4v) is 0.856. The fraction of sp³-hybridized carbons (Fsp3) is 0.111. The summed E-state index contributed by atoms with van der Waals surface area (Å²) in [5.41, 5.74) is -0.380. The Labute approximate surface area is 85.7 Å². The molecule has 5 heteroatoms. The third-order valence-electron chi connectivity index (χ3n) is 1.39. The lowest BCUT2D eigenvalue weighted by atomic mass is 10.1. The summed E-state index contributed by atoms with van der Waals surface area (Å²) >= 11 is 4.64. The van der Waals surface area contributed by atoms with Gasteiger partial charge in [-0.05, 0) is 12.1 Å². The lowest BCUT2D eigenvalue weighted by molar-refractivity contribution is 0.0651. The van der Waals surface area contributed by atoms with Gasteiger partial charge in [0.25, 0.3) is 0 Å². The monoisotopic (exact) mass is 216 g/mol. The first-order valence-electron chi connectivity index (χ1n) is 3.56. The van der Waals surface area contributed by atoms with E-state index in [1.807, 2.05) is 0 Å². The SMILES string of the molecule is CCl.O=C(O)c1ccccc1C(=O)O. The van der Waals surface area contributed by atoms with Crippen LogP contribution < -0.4 is 0 Å². The van der Waals surface area contributed by atoms with E-state index in [0.717, 1.165) is 0 Å². The van der Waals surface area contributed by atoms with E-state index in [2.05, 4.69) is 11.6 Å². The van der Waals surface area contributed by atoms with Crippen molar-refractivity contribution < 1.29 is 19.8 Å². The van der Waals surface area contributed by atoms with E-state index < -0.39 is 11.9 Å². The molecule has 0 aliphatic carbocycles. The van der Waals surface area contributed by atoms with Gasteiger partial charge in [-0.25, -0.2) is 9.59 Å². The van der Waals surface area contributed by atoms with Crippen molar-refractivity contribution in [3.8, 4) is 0 Å². The minimum absolute atomic E-state index is 0.190. The lowest BCUT2D eigenvalue weighted by Crippen LogP contribution is -2.06. The molecule has 76 valence electrons. The Morgan fingerprint density at radius 1 is 1.00 bits per heavy atom. The Morgan fingerprint density at radius 3 is 1.50 bits per heavy atom. The number of carboxylic acids is 2. The summed E-state index contributed by atoms with van der Waals surface area (Å²) in [6, 6.07) is 5.48. The highest BCUT2D eigenvalue weighted by molar-refractivity contribution is 6.15. The van der Waals surface area contributed by atoms with Crippen LogP contribution in [-0.4, -0.2) is 28.5 Å². The Hall–Kier alpha value is -1.55. The molecule has 0 aliphatic heterocycles. The van der Waals surface area contributed by atoms with Gasteiger partial charge in [-0.3, -0.25) is 0 Å². The van der Waals surface area contributed by atoms with Crippen molar-refractivity contribution in [2.24, 2.45) is 0 Å². The Balaban J connectivity index is 0.000000791. The molecule has 0 saturated carbocycles. The molecule has 0 atom stereocenters. The Morgan fingerprint density at radius 2 is 1.29 bits per heavy atom. The molecular weight excluding hydrogens is 208 g/mol. The van der Waals surface area contributed by atoms with Crippen LogP contribution in [0.1, 0.15) is 20.7 Å². The van der Waals surface area contributed by atoms with E-state index >= 15 is 0 Å². The van der Waals surface area contributed by atoms with Crippen molar-refractivity contribution in [1.82, 2.24) is 0 Å². The van der Waals surface area contributed by atoms with Gasteiger partial charge in [-0.15, -0.1) is 11.6 Å². The zero-order valence-electron chi connectivity index (χ0n) is 7.40. The molecule has 0 unspecified atom stereocenters. The first kappa shape index (κ1) is 12.4. The van der Waals surface area contributed by atoms with Crippen LogP contribution in [0.5, 0.6) is 0 Å². The predicted molar refractivity (Wildman–Crippen MR) is 52.1 cm³/mol. The second-order valence-electron chi connectivity index (χ2n) is 2.16. The largest absolute Gasteiger partial charge is 0.478 e. The number of halogens is 1. The molecule has 1 aromatic rings. The minimum atomic E-state index is -1.23. The van der Waals surface area contributed by atoms with Gasteiger partial charge in [0.1, 0.15) is 0 Å². The van der Waals surface area contributed by atoms with Crippen LogP contribution >= 0.6 is 11.6 Å². The summed E-state index contributed by atoms with van der Waals surface area (Å²) in [4.78, 5) is 20.9. The van der Waals surface area contributed by atoms with Gasteiger partial charge in [-0.1, -0.05) is 12.1 Å². The molecule has 14 heavy (non-hydrogen) atoms. The maximum absolute atomic E-state index is 10.5. The smallest absolute Gasteiger partial charge is 0.336 e. The summed E-state index contributed by atoms with van der Waals surface area (Å²) in [6.45, 7) is 0. The molecule has 0 amide bonds. The average molecular weight is 217 g/mol. The van der Waals surface area contributed by atoms with Crippen LogP contribution in [-0.2, 0) is 0 Å². The van der Waals surface area contributed by atoms with Crippen molar-refractivity contribution in [3.63, 3.8) is 0 Å². The highest BCUT2D eigenvalue weighted by atomic mass is 35.5. The van der Waals surface area contributed by atoms with Crippen LogP contribution in [0.4, 0.5) is 0 Å². The molecule has 0 heterocycles. The normalized spacial score (nSPS) is 8.43. The average Bonchev–Trinajstić information content (AvgIpc) is 2.20. The third kappa shape index (κ3) is 3.06. The van der Waals surface area contributed by atoms with Crippen LogP contribution in [0, 0.1) is 0 Å². The summed E-state index contributed by atoms with van der Waals surface area (Å²) in [7, 11) is 0. The van der Waals surface area contributed by atoms with Gasteiger partial charge in [-0.2, -0.15) is 0 Å². The van der Waals surface area contributed by atoms with Crippen molar-refractivity contribution in [3.05, 3.63) is 35.4 Å². The number of aromatic carboxylic acids is 2. The van der Waals surface area contributed by atoms with Crippen molar-refractivity contribution in [1.29, 1.82) is 0 Å². The van der Waals surface area contributed by atoms with Gasteiger partial charge in [0, 0.05) is 6.38 Å². The molecule has 4 nitrogen and oxygen atoms in total. The molecule has 0 radical (unpaired) electrons. The molecule has 0 aromatic heterocycles. The first-order chi connectivity index (χ1) is 6.63. The number of carboxylic acid groups (broad SMARTS) is 2. The van der Waals surface area contributed by atoms with Gasteiger partial charge in [0.15, 0.2) is 0 Å². The maximum Gasteiger partial charge on any atom is 0.336 e. The molecular formula is C9H9ClO4. The quantitative estimate of drug-likeness (QED) is 0.741. The number of rotatable bonds is 2. The highest BCUT2D eigenvalue weighted by Crippen LogP contribution is 2.07. The predicted octanol–water partition coefficient (Wildman–Crippen LogP) is 1.94. The zero-order chi connectivity index (χ0) is 11.1. The second-order valence-corrected chi connectivity index (χ2v) is 2.16. The number of hydrogen-bond donors (Lipinski definition) is 2. The number of carbonyl (C=O) groups is 2. The van der Waals surface area contributed by atoms with E-state index in [4.69, 9.17) is 10.2 Å². The molecule has 0 saturated heterocycles. The number of alkyl halides is 1. The summed E-state index contributed by atoms with van der Waals surface area (Å²) in [5.74, 6) is -2.46. The molecule has 1 aromatic carbocycles. The summed E-state index contributed by atoms with van der Waals surface area (Å²) in [5, 5.41) is 17.1. The van der Waals surface area contributed by atoms with Crippen molar-refractivity contribution in [2.75, 3.05) is 6.38 Å². The number of benzene rings is 1. The minimum Gasteiger partial charge on any atom is -0.478 e. The van der Waals surface area contributed by atoms with Gasteiger partial charge < -0.3 is 10.2 Å². The van der Waals surface area contributed by atoms with Crippen molar-refractivity contribution in [2.45, 2.75) is 0 Å². The van der Waals surface area contributed by atoms with E-state index in [1.165, 1.54) is 30.6 Å². The van der Waals surface area contributed by atoms with E-state index in [1.54, 1.807) is 0 Å². The lowest BCUT2D eigenvalue weighted by Gasteiger charge is -1.98. The standard InChI is InChI=1S/C8H6O4.CH3Cl/c9-7(10)5-3-1-2-4-6(5)8(11)12;1-2/h1-4H,(H,9,10)(H,11,12);1H3. The Kier molecular flexibility index (Phi) is 5.33.